The Kier molecular flexibility index (Phi) is 5.97. The maximum atomic E-state index is 13.1. The van der Waals surface area contributed by atoms with E-state index in [1.54, 1.807) is 54.6 Å². The van der Waals surface area contributed by atoms with Crippen LogP contribution < -0.4 is 11.0 Å². The second-order valence-corrected chi connectivity index (χ2v) is 7.11. The smallest absolute Gasteiger partial charge is 0.290 e. The molecule has 0 radical (unpaired) electrons. The number of aromatic nitrogens is 4. The highest BCUT2D eigenvalue weighted by molar-refractivity contribution is 5.90. The molecule has 0 fully saturated rings. The van der Waals surface area contributed by atoms with Crippen LogP contribution in [0.1, 0.15) is 16.8 Å². The van der Waals surface area contributed by atoms with Gasteiger partial charge in [0.05, 0.1) is 17.6 Å². The molecule has 170 valence electrons. The Morgan fingerprint density at radius 3 is 2.53 bits per heavy atom. The van der Waals surface area contributed by atoms with Crippen molar-refractivity contribution in [1.29, 1.82) is 5.26 Å². The Labute approximate surface area is 191 Å². The molecular weight excluding hydrogens is 447 g/mol. The van der Waals surface area contributed by atoms with Crippen molar-refractivity contribution in [2.75, 3.05) is 5.43 Å². The lowest BCUT2D eigenvalue weighted by atomic mass is 10.1. The van der Waals surface area contributed by atoms with Gasteiger partial charge in [0.15, 0.2) is 5.69 Å². The molecular formula is C23H16F3N7O. The molecule has 2 aromatic carbocycles. The number of benzene rings is 2. The van der Waals surface area contributed by atoms with E-state index < -0.39 is 17.4 Å². The summed E-state index contributed by atoms with van der Waals surface area (Å²) in [4.78, 5) is 19.1. The molecule has 0 saturated carbocycles. The fourth-order valence-corrected chi connectivity index (χ4v) is 3.30. The lowest BCUT2D eigenvalue weighted by Gasteiger charge is -2.07. The molecule has 0 aliphatic rings. The van der Waals surface area contributed by atoms with Crippen molar-refractivity contribution >= 4 is 12.2 Å². The molecule has 11 heteroatoms. The minimum absolute atomic E-state index is 0.00326. The van der Waals surface area contributed by atoms with Gasteiger partial charge in [0.1, 0.15) is 11.6 Å². The van der Waals surface area contributed by atoms with E-state index in [4.69, 9.17) is 0 Å². The van der Waals surface area contributed by atoms with Gasteiger partial charge in [0.25, 0.3) is 5.56 Å². The second-order valence-electron chi connectivity index (χ2n) is 7.11. The number of aromatic amines is 1. The van der Waals surface area contributed by atoms with Crippen molar-refractivity contribution in [3.8, 4) is 28.6 Å². The number of rotatable bonds is 5. The number of aryl methyl sites for hydroxylation is 1. The summed E-state index contributed by atoms with van der Waals surface area (Å²) in [5.41, 5.74) is 2.85. The first kappa shape index (κ1) is 22.5. The Bertz CT molecular complexity index is 1460. The third-order valence-corrected chi connectivity index (χ3v) is 4.86. The number of nitriles is 1. The van der Waals surface area contributed by atoms with Gasteiger partial charge in [0.2, 0.25) is 5.95 Å². The van der Waals surface area contributed by atoms with Gasteiger partial charge < -0.3 is 0 Å². The van der Waals surface area contributed by atoms with Crippen LogP contribution in [0.2, 0.25) is 0 Å². The van der Waals surface area contributed by atoms with E-state index in [0.29, 0.717) is 16.7 Å². The van der Waals surface area contributed by atoms with Crippen molar-refractivity contribution < 1.29 is 13.2 Å². The SMILES string of the molecule is Cn1nc(C(F)(F)F)cc1-c1ccccc1C=NNc1nc(-c2ccccc2)c(C#N)c(=O)[nH]1. The monoisotopic (exact) mass is 463 g/mol. The van der Waals surface area contributed by atoms with Crippen LogP contribution in [0.25, 0.3) is 22.5 Å². The molecule has 0 aliphatic carbocycles. The molecule has 2 N–H and O–H groups in total. The Balaban J connectivity index is 1.65. The van der Waals surface area contributed by atoms with Gasteiger partial charge in [-0.05, 0) is 6.07 Å². The number of anilines is 1. The number of hydrogen-bond donors (Lipinski definition) is 2. The predicted molar refractivity (Wildman–Crippen MR) is 120 cm³/mol. The van der Waals surface area contributed by atoms with Crippen LogP contribution in [0.4, 0.5) is 19.1 Å². The van der Waals surface area contributed by atoms with Gasteiger partial charge >= 0.3 is 6.18 Å². The third kappa shape index (κ3) is 4.56. The van der Waals surface area contributed by atoms with E-state index in [-0.39, 0.29) is 22.9 Å². The Morgan fingerprint density at radius 1 is 1.15 bits per heavy atom. The van der Waals surface area contributed by atoms with E-state index in [1.165, 1.54) is 13.3 Å². The van der Waals surface area contributed by atoms with Gasteiger partial charge in [0, 0.05) is 23.7 Å². The van der Waals surface area contributed by atoms with Crippen LogP contribution in [-0.2, 0) is 13.2 Å². The van der Waals surface area contributed by atoms with Gasteiger partial charge in [-0.25, -0.2) is 10.4 Å². The van der Waals surface area contributed by atoms with E-state index in [2.05, 4.69) is 25.6 Å². The van der Waals surface area contributed by atoms with Crippen LogP contribution >= 0.6 is 0 Å². The molecule has 0 bridgehead atoms. The number of nitrogens with one attached hydrogen (secondary N) is 2. The van der Waals surface area contributed by atoms with Gasteiger partial charge in [-0.2, -0.15) is 28.6 Å². The molecule has 0 unspecified atom stereocenters. The molecule has 0 atom stereocenters. The summed E-state index contributed by atoms with van der Waals surface area (Å²) in [5.74, 6) is -0.00326. The summed E-state index contributed by atoms with van der Waals surface area (Å²) in [6, 6.07) is 18.3. The maximum Gasteiger partial charge on any atom is 0.435 e. The topological polar surface area (TPSA) is 112 Å². The van der Waals surface area contributed by atoms with Crippen molar-refractivity contribution in [2.24, 2.45) is 12.1 Å². The fraction of sp³-hybridized carbons (Fsp3) is 0.0870. The van der Waals surface area contributed by atoms with Gasteiger partial charge in [-0.15, -0.1) is 0 Å². The molecule has 2 heterocycles. The largest absolute Gasteiger partial charge is 0.435 e. The first-order valence-electron chi connectivity index (χ1n) is 9.87. The summed E-state index contributed by atoms with van der Waals surface area (Å²) < 4.78 is 40.3. The third-order valence-electron chi connectivity index (χ3n) is 4.86. The maximum absolute atomic E-state index is 13.1. The number of H-pyrrole nitrogens is 1. The van der Waals surface area contributed by atoms with Crippen molar-refractivity contribution in [1.82, 2.24) is 19.7 Å². The zero-order chi connectivity index (χ0) is 24.3. The summed E-state index contributed by atoms with van der Waals surface area (Å²) in [6.45, 7) is 0. The highest BCUT2D eigenvalue weighted by Gasteiger charge is 2.34. The fourth-order valence-electron chi connectivity index (χ4n) is 3.30. The van der Waals surface area contributed by atoms with E-state index in [9.17, 15) is 23.2 Å². The lowest BCUT2D eigenvalue weighted by molar-refractivity contribution is -0.141. The van der Waals surface area contributed by atoms with Crippen LogP contribution in [0.15, 0.2) is 70.6 Å². The first-order valence-corrected chi connectivity index (χ1v) is 9.87. The minimum Gasteiger partial charge on any atom is -0.290 e. The molecule has 8 nitrogen and oxygen atoms in total. The average Bonchev–Trinajstić information content (AvgIpc) is 3.21. The number of nitrogens with zero attached hydrogens (tertiary/aromatic N) is 5. The molecule has 2 aromatic heterocycles. The van der Waals surface area contributed by atoms with Crippen molar-refractivity contribution in [3.63, 3.8) is 0 Å². The number of halogens is 3. The van der Waals surface area contributed by atoms with Crippen molar-refractivity contribution in [3.05, 3.63) is 87.8 Å². The average molecular weight is 463 g/mol. The van der Waals surface area contributed by atoms with Gasteiger partial charge in [-0.3, -0.25) is 14.5 Å². The molecule has 0 amide bonds. The standard InChI is InChI=1S/C23H16F3N7O/c1-33-18(11-19(32-33)23(24,25)26)16-10-6-5-9-15(16)13-28-31-22-29-20(14-7-3-2-4-8-14)17(12-27)21(34)30-22/h2-11,13H,1H3,(H2,29,30,31,34). The Morgan fingerprint density at radius 2 is 1.85 bits per heavy atom. The van der Waals surface area contributed by atoms with Crippen LogP contribution in [0, 0.1) is 11.3 Å². The van der Waals surface area contributed by atoms with Crippen LogP contribution in [0.5, 0.6) is 0 Å². The highest BCUT2D eigenvalue weighted by atomic mass is 19.4. The lowest BCUT2D eigenvalue weighted by Crippen LogP contribution is -2.16. The molecule has 0 spiro atoms. The summed E-state index contributed by atoms with van der Waals surface area (Å²) in [5, 5.41) is 17.0. The van der Waals surface area contributed by atoms with Gasteiger partial charge in [-0.1, -0.05) is 54.6 Å². The van der Waals surface area contributed by atoms with E-state index in [0.717, 1.165) is 10.7 Å². The number of hydrazone groups is 1. The first-order chi connectivity index (χ1) is 16.3. The molecule has 34 heavy (non-hydrogen) atoms. The Hall–Kier alpha value is -4.72. The normalized spacial score (nSPS) is 11.5. The zero-order valence-electron chi connectivity index (χ0n) is 17.6. The number of alkyl halides is 3. The predicted octanol–water partition coefficient (Wildman–Crippen LogP) is 4.17. The quantitative estimate of drug-likeness (QED) is 0.341. The molecule has 0 saturated heterocycles. The highest BCUT2D eigenvalue weighted by Crippen LogP contribution is 2.32. The number of hydrogen-bond acceptors (Lipinski definition) is 6. The van der Waals surface area contributed by atoms with Crippen LogP contribution in [0.3, 0.4) is 0 Å². The minimum atomic E-state index is -4.57. The summed E-state index contributed by atoms with van der Waals surface area (Å²) in [7, 11) is 1.42. The molecule has 4 aromatic rings. The van der Waals surface area contributed by atoms with Crippen LogP contribution in [-0.4, -0.2) is 26.0 Å². The molecule has 4 rings (SSSR count). The van der Waals surface area contributed by atoms with Crippen molar-refractivity contribution in [2.45, 2.75) is 6.18 Å². The molecule has 0 aliphatic heterocycles. The zero-order valence-corrected chi connectivity index (χ0v) is 17.6. The van der Waals surface area contributed by atoms with E-state index in [1.807, 2.05) is 6.07 Å². The summed E-state index contributed by atoms with van der Waals surface area (Å²) in [6.07, 6.45) is -3.18. The summed E-state index contributed by atoms with van der Waals surface area (Å²) >= 11 is 0. The van der Waals surface area contributed by atoms with E-state index >= 15 is 0 Å². The second kappa shape index (κ2) is 9.03.